The second-order valence-electron chi connectivity index (χ2n) is 4.78. The highest BCUT2D eigenvalue weighted by Crippen LogP contribution is 2.30. The van der Waals surface area contributed by atoms with E-state index in [1.165, 1.54) is 13.1 Å². The Morgan fingerprint density at radius 1 is 1.35 bits per heavy atom. The van der Waals surface area contributed by atoms with Crippen LogP contribution in [0.4, 0.5) is 5.69 Å². The fourth-order valence-corrected chi connectivity index (χ4v) is 2.93. The number of benzene rings is 1. The summed E-state index contributed by atoms with van der Waals surface area (Å²) in [6.07, 6.45) is 0. The highest BCUT2D eigenvalue weighted by molar-refractivity contribution is 7.89. The number of aliphatic carboxylic acids is 1. The number of anilines is 1. The van der Waals surface area contributed by atoms with E-state index >= 15 is 0 Å². The monoisotopic (exact) mass is 300 g/mol. The Balaban J connectivity index is 3.50. The van der Waals surface area contributed by atoms with Crippen molar-refractivity contribution in [3.8, 4) is 0 Å². The number of carboxylic acids is 1. The third-order valence-electron chi connectivity index (χ3n) is 3.23. The maximum atomic E-state index is 12.1. The minimum atomic E-state index is -3.65. The number of nitrogens with zero attached hydrogens (tertiary/aromatic N) is 1. The van der Waals surface area contributed by atoms with Crippen molar-refractivity contribution >= 4 is 21.7 Å². The van der Waals surface area contributed by atoms with Crippen LogP contribution in [-0.4, -0.2) is 38.6 Å². The summed E-state index contributed by atoms with van der Waals surface area (Å²) < 4.78 is 26.4. The third-order valence-corrected chi connectivity index (χ3v) is 4.69. The molecule has 20 heavy (non-hydrogen) atoms. The number of hydrogen-bond acceptors (Lipinski definition) is 4. The lowest BCUT2D eigenvalue weighted by Crippen LogP contribution is -2.50. The molecule has 2 N–H and O–H groups in total. The second-order valence-corrected chi connectivity index (χ2v) is 6.64. The summed E-state index contributed by atoms with van der Waals surface area (Å²) in [5.41, 5.74) is -0.842. The standard InChI is InChI=1S/C13H20N2O4S/c1-5-15(13(2,3)12(16)17)10-8-6-7-9-11(10)20(18,19)14-4/h6-9,14H,5H2,1-4H3,(H,16,17). The Bertz CT molecular complexity index is 596. The smallest absolute Gasteiger partial charge is 0.328 e. The topological polar surface area (TPSA) is 86.7 Å². The molecule has 7 heteroatoms. The molecule has 0 saturated carbocycles. The van der Waals surface area contributed by atoms with Gasteiger partial charge in [0.15, 0.2) is 0 Å². The van der Waals surface area contributed by atoms with E-state index in [1.807, 2.05) is 0 Å². The average molecular weight is 300 g/mol. The molecule has 0 unspecified atom stereocenters. The van der Waals surface area contributed by atoms with E-state index in [2.05, 4.69) is 4.72 Å². The summed E-state index contributed by atoms with van der Waals surface area (Å²) in [5.74, 6) is -1.02. The molecule has 0 aliphatic heterocycles. The van der Waals surface area contributed by atoms with Gasteiger partial charge in [0.05, 0.1) is 5.69 Å². The van der Waals surface area contributed by atoms with E-state index in [0.717, 1.165) is 0 Å². The zero-order valence-corrected chi connectivity index (χ0v) is 12.9. The first-order valence-electron chi connectivity index (χ1n) is 6.22. The van der Waals surface area contributed by atoms with E-state index in [-0.39, 0.29) is 4.90 Å². The lowest BCUT2D eigenvalue weighted by atomic mass is 10.0. The van der Waals surface area contributed by atoms with Crippen molar-refractivity contribution in [2.45, 2.75) is 31.2 Å². The van der Waals surface area contributed by atoms with Crippen LogP contribution < -0.4 is 9.62 Å². The van der Waals surface area contributed by atoms with Crippen molar-refractivity contribution in [1.82, 2.24) is 4.72 Å². The molecule has 6 nitrogen and oxygen atoms in total. The molecule has 1 aromatic rings. The molecule has 0 radical (unpaired) electrons. The number of likely N-dealkylation sites (N-methyl/N-ethyl adjacent to an activating group) is 1. The minimum absolute atomic E-state index is 0.0682. The molecule has 0 heterocycles. The van der Waals surface area contributed by atoms with Gasteiger partial charge in [0.25, 0.3) is 0 Å². The second kappa shape index (κ2) is 5.80. The Labute approximate surface area is 119 Å². The van der Waals surface area contributed by atoms with Gasteiger partial charge in [0.1, 0.15) is 10.4 Å². The summed E-state index contributed by atoms with van der Waals surface area (Å²) >= 11 is 0. The predicted molar refractivity (Wildman–Crippen MR) is 77.4 cm³/mol. The van der Waals surface area contributed by atoms with Gasteiger partial charge in [-0.3, -0.25) is 0 Å². The summed E-state index contributed by atoms with van der Waals surface area (Å²) in [4.78, 5) is 13.0. The number of rotatable bonds is 6. The fourth-order valence-electron chi connectivity index (χ4n) is 2.00. The molecule has 1 aromatic carbocycles. The molecule has 0 aromatic heterocycles. The molecule has 0 amide bonds. The quantitative estimate of drug-likeness (QED) is 0.826. The number of carboxylic acid groups (broad SMARTS) is 1. The first kappa shape index (κ1) is 16.5. The van der Waals surface area contributed by atoms with Gasteiger partial charge in [-0.2, -0.15) is 0 Å². The minimum Gasteiger partial charge on any atom is -0.480 e. The zero-order valence-electron chi connectivity index (χ0n) is 12.0. The van der Waals surface area contributed by atoms with Gasteiger partial charge in [-0.25, -0.2) is 17.9 Å². The van der Waals surface area contributed by atoms with Gasteiger partial charge in [-0.1, -0.05) is 12.1 Å². The molecule has 112 valence electrons. The molecule has 0 spiro atoms. The summed E-state index contributed by atoms with van der Waals surface area (Å²) in [5, 5.41) is 9.35. The first-order valence-corrected chi connectivity index (χ1v) is 7.70. The molecular weight excluding hydrogens is 280 g/mol. The van der Waals surface area contributed by atoms with Crippen LogP contribution in [0.3, 0.4) is 0 Å². The van der Waals surface area contributed by atoms with E-state index < -0.39 is 21.5 Å². The molecular formula is C13H20N2O4S. The van der Waals surface area contributed by atoms with Crippen molar-refractivity contribution in [3.63, 3.8) is 0 Å². The SMILES string of the molecule is CCN(c1ccccc1S(=O)(=O)NC)C(C)(C)C(=O)O. The zero-order chi connectivity index (χ0) is 15.6. The molecule has 0 aliphatic carbocycles. The van der Waals surface area contributed by atoms with Crippen LogP contribution in [0.1, 0.15) is 20.8 Å². The van der Waals surface area contributed by atoms with Crippen molar-refractivity contribution in [1.29, 1.82) is 0 Å². The average Bonchev–Trinajstić information content (AvgIpc) is 2.39. The van der Waals surface area contributed by atoms with Crippen LogP contribution in [0.15, 0.2) is 29.2 Å². The van der Waals surface area contributed by atoms with Crippen LogP contribution in [0, 0.1) is 0 Å². The normalized spacial score (nSPS) is 12.2. The molecule has 0 fully saturated rings. The van der Waals surface area contributed by atoms with Crippen molar-refractivity contribution in [3.05, 3.63) is 24.3 Å². The highest BCUT2D eigenvalue weighted by atomic mass is 32.2. The van der Waals surface area contributed by atoms with Crippen LogP contribution in [0.25, 0.3) is 0 Å². The fraction of sp³-hybridized carbons (Fsp3) is 0.462. The Morgan fingerprint density at radius 2 is 1.90 bits per heavy atom. The number of nitrogens with one attached hydrogen (secondary N) is 1. The van der Waals surface area contributed by atoms with Gasteiger partial charge in [-0.05, 0) is 40.0 Å². The lowest BCUT2D eigenvalue weighted by molar-refractivity contribution is -0.142. The summed E-state index contributed by atoms with van der Waals surface area (Å²) in [6, 6.07) is 6.36. The number of sulfonamides is 1. The van der Waals surface area contributed by atoms with Crippen molar-refractivity contribution in [2.24, 2.45) is 0 Å². The van der Waals surface area contributed by atoms with Gasteiger partial charge < -0.3 is 10.0 Å². The molecule has 1 rings (SSSR count). The van der Waals surface area contributed by atoms with Gasteiger partial charge in [-0.15, -0.1) is 0 Å². The van der Waals surface area contributed by atoms with Crippen LogP contribution in [0.5, 0.6) is 0 Å². The maximum Gasteiger partial charge on any atom is 0.328 e. The third kappa shape index (κ3) is 2.94. The van der Waals surface area contributed by atoms with Crippen molar-refractivity contribution in [2.75, 3.05) is 18.5 Å². The molecule has 0 atom stereocenters. The lowest BCUT2D eigenvalue weighted by Gasteiger charge is -2.37. The van der Waals surface area contributed by atoms with Gasteiger partial charge in [0, 0.05) is 6.54 Å². The van der Waals surface area contributed by atoms with Gasteiger partial charge in [0.2, 0.25) is 10.0 Å². The largest absolute Gasteiger partial charge is 0.480 e. The van der Waals surface area contributed by atoms with E-state index in [9.17, 15) is 18.3 Å². The Kier molecular flexibility index (Phi) is 4.77. The molecule has 0 bridgehead atoms. The number of hydrogen-bond donors (Lipinski definition) is 2. The van der Waals surface area contributed by atoms with Crippen LogP contribution >= 0.6 is 0 Å². The van der Waals surface area contributed by atoms with E-state index in [1.54, 1.807) is 43.9 Å². The van der Waals surface area contributed by atoms with Crippen LogP contribution in [-0.2, 0) is 14.8 Å². The Morgan fingerprint density at radius 3 is 2.35 bits per heavy atom. The first-order chi connectivity index (χ1) is 9.18. The van der Waals surface area contributed by atoms with Crippen LogP contribution in [0.2, 0.25) is 0 Å². The summed E-state index contributed by atoms with van der Waals surface area (Å²) in [7, 11) is -2.33. The highest BCUT2D eigenvalue weighted by Gasteiger charge is 2.36. The maximum absolute atomic E-state index is 12.1. The number of carbonyl (C=O) groups is 1. The predicted octanol–water partition coefficient (Wildman–Crippen LogP) is 1.28. The van der Waals surface area contributed by atoms with E-state index in [0.29, 0.717) is 12.2 Å². The Hall–Kier alpha value is -1.60. The summed E-state index contributed by atoms with van der Waals surface area (Å²) in [6.45, 7) is 5.24. The van der Waals surface area contributed by atoms with Gasteiger partial charge >= 0.3 is 5.97 Å². The number of para-hydroxylation sites is 1. The molecule has 0 aliphatic rings. The van der Waals surface area contributed by atoms with E-state index in [4.69, 9.17) is 0 Å². The molecule has 0 saturated heterocycles. The van der Waals surface area contributed by atoms with Crippen molar-refractivity contribution < 1.29 is 18.3 Å².